The van der Waals surface area contributed by atoms with Crippen LogP contribution in [0.15, 0.2) is 0 Å². The van der Waals surface area contributed by atoms with E-state index in [1.807, 2.05) is 0 Å². The molecule has 0 N–H and O–H groups in total. The van der Waals surface area contributed by atoms with Crippen molar-refractivity contribution in [2.75, 3.05) is 6.61 Å². The maximum Gasteiger partial charge on any atom is 0.171 e. The van der Waals surface area contributed by atoms with Gasteiger partial charge in [0.1, 0.15) is 6.17 Å². The van der Waals surface area contributed by atoms with Gasteiger partial charge in [-0.2, -0.15) is 0 Å². The molecule has 1 saturated heterocycles. The van der Waals surface area contributed by atoms with E-state index in [4.69, 9.17) is 9.16 Å². The summed E-state index contributed by atoms with van der Waals surface area (Å²) in [5, 5.41) is 0. The van der Waals surface area contributed by atoms with E-state index in [0.29, 0.717) is 13.0 Å². The molecule has 1 aliphatic rings. The number of hydrogen-bond donors (Lipinski definition) is 0. The van der Waals surface area contributed by atoms with Gasteiger partial charge in [0.15, 0.2) is 9.04 Å². The van der Waals surface area contributed by atoms with Gasteiger partial charge in [0.25, 0.3) is 0 Å². The van der Waals surface area contributed by atoms with Crippen molar-refractivity contribution < 1.29 is 13.6 Å². The minimum Gasteiger partial charge on any atom is -0.418 e. The fourth-order valence-electron chi connectivity index (χ4n) is 1.29. The van der Waals surface area contributed by atoms with Crippen molar-refractivity contribution in [2.45, 2.75) is 44.8 Å². The Morgan fingerprint density at radius 2 is 2.25 bits per heavy atom. The van der Waals surface area contributed by atoms with Crippen LogP contribution < -0.4 is 0 Å². The second-order valence-corrected chi connectivity index (χ2v) is 6.03. The molecule has 1 aliphatic heterocycles. The molecular weight excluding hydrogens is 175 g/mol. The maximum atomic E-state index is 12.9. The Morgan fingerprint density at radius 1 is 1.58 bits per heavy atom. The monoisotopic (exact) mass is 192 g/mol. The molecule has 2 nitrogen and oxygen atoms in total. The van der Waals surface area contributed by atoms with Crippen molar-refractivity contribution >= 4 is 9.04 Å². The molecule has 1 rings (SSSR count). The topological polar surface area (TPSA) is 18.5 Å². The minimum absolute atomic E-state index is 0.00935. The number of alkyl halides is 1. The Balaban J connectivity index is 2.19. The van der Waals surface area contributed by atoms with Crippen LogP contribution in [-0.4, -0.2) is 34.0 Å². The molecule has 0 aromatic heterocycles. The highest BCUT2D eigenvalue weighted by molar-refractivity contribution is 6.48. The number of halogens is 1. The van der Waals surface area contributed by atoms with Gasteiger partial charge in [-0.15, -0.1) is 0 Å². The van der Waals surface area contributed by atoms with E-state index in [1.165, 1.54) is 0 Å². The second kappa shape index (κ2) is 4.34. The lowest BCUT2D eigenvalue weighted by molar-refractivity contribution is 0.0164. The first-order chi connectivity index (χ1) is 5.59. The third kappa shape index (κ3) is 2.84. The summed E-state index contributed by atoms with van der Waals surface area (Å²) >= 11 is 0. The Hall–Kier alpha value is 0.0669. The smallest absolute Gasteiger partial charge is 0.171 e. The van der Waals surface area contributed by atoms with Crippen LogP contribution in [0.2, 0.25) is 13.1 Å². The molecule has 0 saturated carbocycles. The van der Waals surface area contributed by atoms with Crippen molar-refractivity contribution in [3.05, 3.63) is 0 Å². The lowest BCUT2D eigenvalue weighted by Gasteiger charge is -2.12. The van der Waals surface area contributed by atoms with Crippen LogP contribution in [0.4, 0.5) is 4.39 Å². The van der Waals surface area contributed by atoms with Crippen LogP contribution in [0.5, 0.6) is 0 Å². The highest BCUT2D eigenvalue weighted by Gasteiger charge is 2.31. The van der Waals surface area contributed by atoms with E-state index in [2.05, 4.69) is 13.1 Å². The molecular formula is C8H17FO2Si. The van der Waals surface area contributed by atoms with E-state index >= 15 is 0 Å². The van der Waals surface area contributed by atoms with Gasteiger partial charge in [0.2, 0.25) is 0 Å². The van der Waals surface area contributed by atoms with Crippen LogP contribution in [0.1, 0.15) is 13.3 Å². The number of hydrogen-bond acceptors (Lipinski definition) is 2. The molecule has 0 amide bonds. The number of ether oxygens (including phenoxy) is 1. The summed E-state index contributed by atoms with van der Waals surface area (Å²) in [4.78, 5) is 0. The fourth-order valence-corrected chi connectivity index (χ4v) is 1.89. The average molecular weight is 192 g/mol. The van der Waals surface area contributed by atoms with Gasteiger partial charge in [-0.05, 0) is 20.0 Å². The Bertz CT molecular complexity index is 133. The van der Waals surface area contributed by atoms with Crippen molar-refractivity contribution in [1.29, 1.82) is 0 Å². The normalized spacial score (nSPS) is 36.2. The van der Waals surface area contributed by atoms with Crippen LogP contribution in [0.3, 0.4) is 0 Å². The van der Waals surface area contributed by atoms with Crippen molar-refractivity contribution in [2.24, 2.45) is 0 Å². The molecule has 3 atom stereocenters. The molecule has 12 heavy (non-hydrogen) atoms. The molecule has 0 aromatic carbocycles. The first-order valence-electron chi connectivity index (χ1n) is 4.50. The SMILES string of the molecule is C[C@@H]1O[C@H](CO[SiH](C)C)C[C@@H]1F. The van der Waals surface area contributed by atoms with E-state index in [0.717, 1.165) is 0 Å². The molecule has 1 fully saturated rings. The predicted octanol–water partition coefficient (Wildman–Crippen LogP) is 1.50. The lowest BCUT2D eigenvalue weighted by atomic mass is 10.2. The summed E-state index contributed by atoms with van der Waals surface area (Å²) < 4.78 is 23.7. The summed E-state index contributed by atoms with van der Waals surface area (Å²) in [6.07, 6.45) is -0.549. The van der Waals surface area contributed by atoms with Crippen LogP contribution >= 0.6 is 0 Å². The number of rotatable bonds is 3. The molecule has 0 unspecified atom stereocenters. The highest BCUT2D eigenvalue weighted by Crippen LogP contribution is 2.22. The minimum atomic E-state index is -0.970. The second-order valence-electron chi connectivity index (χ2n) is 3.60. The third-order valence-electron chi connectivity index (χ3n) is 2.02. The van der Waals surface area contributed by atoms with Gasteiger partial charge in [0, 0.05) is 6.42 Å². The summed E-state index contributed by atoms with van der Waals surface area (Å²) in [5.74, 6) is 0. The van der Waals surface area contributed by atoms with E-state index in [1.54, 1.807) is 6.92 Å². The van der Waals surface area contributed by atoms with E-state index in [-0.39, 0.29) is 12.2 Å². The first-order valence-corrected chi connectivity index (χ1v) is 7.28. The van der Waals surface area contributed by atoms with Gasteiger partial charge in [-0.1, -0.05) is 0 Å². The van der Waals surface area contributed by atoms with Gasteiger partial charge in [0.05, 0.1) is 18.8 Å². The Labute approximate surface area is 74.8 Å². The summed E-state index contributed by atoms with van der Waals surface area (Å²) in [5.41, 5.74) is 0. The zero-order chi connectivity index (χ0) is 9.14. The van der Waals surface area contributed by atoms with Gasteiger partial charge in [-0.25, -0.2) is 4.39 Å². The Morgan fingerprint density at radius 3 is 2.67 bits per heavy atom. The lowest BCUT2D eigenvalue weighted by Crippen LogP contribution is -2.20. The first kappa shape index (κ1) is 10.1. The predicted molar refractivity (Wildman–Crippen MR) is 48.7 cm³/mol. The standard InChI is InChI=1S/C8H17FO2Si/c1-6-8(9)4-7(11-6)5-10-12(2)3/h6-8,12H,4-5H2,1-3H3/t6-,7-,8-/m0/s1. The molecule has 1 heterocycles. The fraction of sp³-hybridized carbons (Fsp3) is 1.00. The van der Waals surface area contributed by atoms with Crippen molar-refractivity contribution in [1.82, 2.24) is 0 Å². The molecule has 4 heteroatoms. The van der Waals surface area contributed by atoms with Gasteiger partial charge < -0.3 is 9.16 Å². The quantitative estimate of drug-likeness (QED) is 0.631. The highest BCUT2D eigenvalue weighted by atomic mass is 28.3. The molecule has 0 aliphatic carbocycles. The molecule has 72 valence electrons. The van der Waals surface area contributed by atoms with Gasteiger partial charge >= 0.3 is 0 Å². The molecule has 0 aromatic rings. The summed E-state index contributed by atoms with van der Waals surface area (Å²) in [6.45, 7) is 6.56. The van der Waals surface area contributed by atoms with Crippen LogP contribution in [-0.2, 0) is 9.16 Å². The maximum absolute atomic E-state index is 12.9. The van der Waals surface area contributed by atoms with Crippen molar-refractivity contribution in [3.63, 3.8) is 0 Å². The summed E-state index contributed by atoms with van der Waals surface area (Å²) in [7, 11) is -0.970. The van der Waals surface area contributed by atoms with Gasteiger partial charge in [-0.3, -0.25) is 0 Å². The Kier molecular flexibility index (Phi) is 3.67. The van der Waals surface area contributed by atoms with Crippen LogP contribution in [0.25, 0.3) is 0 Å². The molecule has 0 bridgehead atoms. The van der Waals surface area contributed by atoms with E-state index in [9.17, 15) is 4.39 Å². The largest absolute Gasteiger partial charge is 0.418 e. The molecule has 0 radical (unpaired) electrons. The third-order valence-corrected chi connectivity index (χ3v) is 2.88. The average Bonchev–Trinajstić information content (AvgIpc) is 2.28. The zero-order valence-corrected chi connectivity index (χ0v) is 9.07. The van der Waals surface area contributed by atoms with Crippen molar-refractivity contribution in [3.8, 4) is 0 Å². The zero-order valence-electron chi connectivity index (χ0n) is 7.92. The summed E-state index contributed by atoms with van der Waals surface area (Å²) in [6, 6.07) is 0. The van der Waals surface area contributed by atoms with Crippen LogP contribution in [0, 0.1) is 0 Å². The van der Waals surface area contributed by atoms with E-state index < -0.39 is 15.2 Å². The molecule has 0 spiro atoms.